The van der Waals surface area contributed by atoms with E-state index in [1.807, 2.05) is 4.68 Å². The highest BCUT2D eigenvalue weighted by molar-refractivity contribution is 5.95. The number of aryl methyl sites for hydroxylation is 1. The lowest BCUT2D eigenvalue weighted by Gasteiger charge is -2.45. The van der Waals surface area contributed by atoms with Crippen LogP contribution in [0.25, 0.3) is 5.69 Å². The van der Waals surface area contributed by atoms with Gasteiger partial charge in [-0.15, -0.1) is 12.4 Å². The Morgan fingerprint density at radius 2 is 1.79 bits per heavy atom. The third kappa shape index (κ3) is 4.36. The molecule has 2 aliphatic rings. The largest absolute Gasteiger partial charge is 0.349 e. The summed E-state index contributed by atoms with van der Waals surface area (Å²) in [7, 11) is 0. The number of hydrogen-bond acceptors (Lipinski definition) is 3. The lowest BCUT2D eigenvalue weighted by atomic mass is 9.67. The van der Waals surface area contributed by atoms with Crippen LogP contribution in [-0.4, -0.2) is 27.8 Å². The van der Waals surface area contributed by atoms with Crippen molar-refractivity contribution in [3.8, 4) is 5.69 Å². The number of nitrogens with two attached hydrogens (primary N) is 1. The molecule has 0 radical (unpaired) electrons. The highest BCUT2D eigenvalue weighted by Crippen LogP contribution is 2.40. The van der Waals surface area contributed by atoms with Gasteiger partial charge in [0.25, 0.3) is 5.91 Å². The van der Waals surface area contributed by atoms with E-state index in [0.29, 0.717) is 23.4 Å². The van der Waals surface area contributed by atoms with Gasteiger partial charge in [-0.1, -0.05) is 38.0 Å². The summed E-state index contributed by atoms with van der Waals surface area (Å²) in [4.78, 5) is 13.3. The average Bonchev–Trinajstić information content (AvgIpc) is 3.08. The molecule has 0 spiro atoms. The number of nitrogens with one attached hydrogen (secondary N) is 1. The maximum absolute atomic E-state index is 13.3. The fraction of sp³-hybridized carbons (Fsp3) is 0.565. The summed E-state index contributed by atoms with van der Waals surface area (Å²) in [5.41, 5.74) is 10.1. The van der Waals surface area contributed by atoms with E-state index in [1.165, 1.54) is 24.8 Å². The molecule has 2 atom stereocenters. The van der Waals surface area contributed by atoms with E-state index in [2.05, 4.69) is 55.5 Å². The minimum absolute atomic E-state index is 0. The van der Waals surface area contributed by atoms with Gasteiger partial charge in [0.15, 0.2) is 0 Å². The van der Waals surface area contributed by atoms with E-state index in [4.69, 9.17) is 5.73 Å². The molecule has 158 valence electrons. The van der Waals surface area contributed by atoms with Crippen molar-refractivity contribution >= 4 is 18.3 Å². The van der Waals surface area contributed by atoms with Gasteiger partial charge in [-0.05, 0) is 62.5 Å². The van der Waals surface area contributed by atoms with Crippen molar-refractivity contribution in [1.29, 1.82) is 0 Å². The second-order valence-electron chi connectivity index (χ2n) is 9.03. The summed E-state index contributed by atoms with van der Waals surface area (Å²) >= 11 is 0. The first-order valence-corrected chi connectivity index (χ1v) is 10.7. The topological polar surface area (TPSA) is 72.9 Å². The quantitative estimate of drug-likeness (QED) is 0.777. The number of amides is 1. The summed E-state index contributed by atoms with van der Waals surface area (Å²) in [6.45, 7) is 6.31. The predicted octanol–water partition coefficient (Wildman–Crippen LogP) is 4.36. The van der Waals surface area contributed by atoms with Gasteiger partial charge in [0.2, 0.25) is 0 Å². The lowest BCUT2D eigenvalue weighted by molar-refractivity contribution is 0.0755. The molecule has 5 nitrogen and oxygen atoms in total. The monoisotopic (exact) mass is 416 g/mol. The van der Waals surface area contributed by atoms with Gasteiger partial charge in [0.1, 0.15) is 0 Å². The molecule has 2 aliphatic carbocycles. The van der Waals surface area contributed by atoms with Crippen LogP contribution in [0.1, 0.15) is 73.5 Å². The number of rotatable bonds is 4. The Morgan fingerprint density at radius 3 is 2.38 bits per heavy atom. The number of carbonyl (C=O) groups is 1. The standard InChI is InChI=1S/C23H32N4O.ClH/c1-14(2)22-20(13-25-27(22)19-9-7-15(3)8-10-19)23(28)26-21-16-5-4-6-17(21)12-18(24)11-16;/h7-10,13-14,16-18,21H,4-6,11-12,24H2,1-3H3,(H,26,28);1H. The molecule has 2 unspecified atom stereocenters. The second-order valence-corrected chi connectivity index (χ2v) is 9.03. The van der Waals surface area contributed by atoms with Crippen molar-refractivity contribution in [1.82, 2.24) is 15.1 Å². The molecule has 29 heavy (non-hydrogen) atoms. The first-order chi connectivity index (χ1) is 13.4. The Hall–Kier alpha value is -1.85. The van der Waals surface area contributed by atoms with Crippen LogP contribution in [-0.2, 0) is 0 Å². The SMILES string of the molecule is Cc1ccc(-n2ncc(C(=O)NC3C4CCCC3CC(N)C4)c2C(C)C)cc1.Cl. The number of benzene rings is 1. The van der Waals surface area contributed by atoms with Crippen molar-refractivity contribution < 1.29 is 4.79 Å². The molecule has 4 rings (SSSR count). The van der Waals surface area contributed by atoms with Gasteiger partial charge >= 0.3 is 0 Å². The molecule has 1 amide bonds. The smallest absolute Gasteiger partial charge is 0.255 e. The van der Waals surface area contributed by atoms with Crippen LogP contribution in [0.3, 0.4) is 0 Å². The molecule has 1 aromatic heterocycles. The van der Waals surface area contributed by atoms with Crippen molar-refractivity contribution in [2.45, 2.75) is 70.9 Å². The minimum atomic E-state index is 0. The Kier molecular flexibility index (Phi) is 6.69. The molecule has 2 aromatic rings. The molecular weight excluding hydrogens is 384 g/mol. The third-order valence-corrected chi connectivity index (χ3v) is 6.55. The molecular formula is C23H33ClN4O. The number of carbonyl (C=O) groups excluding carboxylic acids is 1. The molecule has 3 N–H and O–H groups in total. The maximum Gasteiger partial charge on any atom is 0.255 e. The Bertz CT molecular complexity index is 831. The molecule has 2 bridgehead atoms. The first kappa shape index (κ1) is 21.8. The van der Waals surface area contributed by atoms with Gasteiger partial charge in [0, 0.05) is 12.1 Å². The molecule has 1 aromatic carbocycles. The van der Waals surface area contributed by atoms with E-state index in [1.54, 1.807) is 6.20 Å². The number of nitrogens with zero attached hydrogens (tertiary/aromatic N) is 2. The zero-order valence-corrected chi connectivity index (χ0v) is 18.4. The highest BCUT2D eigenvalue weighted by atomic mass is 35.5. The third-order valence-electron chi connectivity index (χ3n) is 6.55. The van der Waals surface area contributed by atoms with Crippen molar-refractivity contribution in [3.63, 3.8) is 0 Å². The summed E-state index contributed by atoms with van der Waals surface area (Å²) in [6.07, 6.45) is 7.40. The molecule has 2 fully saturated rings. The summed E-state index contributed by atoms with van der Waals surface area (Å²) in [5.74, 6) is 1.24. The summed E-state index contributed by atoms with van der Waals surface area (Å²) < 4.78 is 1.91. The molecule has 1 heterocycles. The second kappa shape index (κ2) is 8.88. The van der Waals surface area contributed by atoms with Crippen LogP contribution in [0.15, 0.2) is 30.5 Å². The fourth-order valence-electron chi connectivity index (χ4n) is 5.23. The molecule has 6 heteroatoms. The van der Waals surface area contributed by atoms with Crippen LogP contribution in [0.4, 0.5) is 0 Å². The number of aromatic nitrogens is 2. The zero-order valence-electron chi connectivity index (χ0n) is 17.6. The van der Waals surface area contributed by atoms with Crippen LogP contribution in [0.5, 0.6) is 0 Å². The lowest BCUT2D eigenvalue weighted by Crippen LogP contribution is -2.53. The van der Waals surface area contributed by atoms with Gasteiger partial charge in [-0.25, -0.2) is 4.68 Å². The van der Waals surface area contributed by atoms with E-state index >= 15 is 0 Å². The van der Waals surface area contributed by atoms with Crippen LogP contribution in [0.2, 0.25) is 0 Å². The van der Waals surface area contributed by atoms with E-state index in [9.17, 15) is 4.79 Å². The molecule has 2 saturated carbocycles. The van der Waals surface area contributed by atoms with E-state index < -0.39 is 0 Å². The van der Waals surface area contributed by atoms with Crippen molar-refractivity contribution in [3.05, 3.63) is 47.3 Å². The highest BCUT2D eigenvalue weighted by Gasteiger charge is 2.40. The van der Waals surface area contributed by atoms with Gasteiger partial charge in [-0.2, -0.15) is 5.10 Å². The van der Waals surface area contributed by atoms with Crippen LogP contribution in [0, 0.1) is 18.8 Å². The van der Waals surface area contributed by atoms with Gasteiger partial charge in [0.05, 0.1) is 23.1 Å². The maximum atomic E-state index is 13.3. The van der Waals surface area contributed by atoms with Crippen LogP contribution >= 0.6 is 12.4 Å². The van der Waals surface area contributed by atoms with E-state index in [0.717, 1.165) is 24.2 Å². The summed E-state index contributed by atoms with van der Waals surface area (Å²) in [5, 5.41) is 7.95. The normalized spacial score (nSPS) is 26.1. The number of fused-ring (bicyclic) bond motifs is 2. The van der Waals surface area contributed by atoms with Crippen molar-refractivity contribution in [2.24, 2.45) is 17.6 Å². The van der Waals surface area contributed by atoms with E-state index in [-0.39, 0.29) is 30.3 Å². The number of hydrogen-bond donors (Lipinski definition) is 2. The molecule has 0 saturated heterocycles. The Labute approximate surface area is 179 Å². The van der Waals surface area contributed by atoms with Crippen molar-refractivity contribution in [2.75, 3.05) is 0 Å². The molecule has 0 aliphatic heterocycles. The fourth-order valence-corrected chi connectivity index (χ4v) is 5.23. The number of halogens is 1. The first-order valence-electron chi connectivity index (χ1n) is 10.7. The van der Waals surface area contributed by atoms with Crippen LogP contribution < -0.4 is 11.1 Å². The van der Waals surface area contributed by atoms with Gasteiger partial charge < -0.3 is 11.1 Å². The zero-order chi connectivity index (χ0) is 19.8. The minimum Gasteiger partial charge on any atom is -0.349 e. The summed E-state index contributed by atoms with van der Waals surface area (Å²) in [6, 6.07) is 8.81. The predicted molar refractivity (Wildman–Crippen MR) is 119 cm³/mol. The average molecular weight is 417 g/mol. The Balaban J connectivity index is 0.00000240. The van der Waals surface area contributed by atoms with Gasteiger partial charge in [-0.3, -0.25) is 4.79 Å². The Morgan fingerprint density at radius 1 is 1.17 bits per heavy atom.